The van der Waals surface area contributed by atoms with E-state index < -0.39 is 0 Å². The normalized spacial score (nSPS) is 10.2. The van der Waals surface area contributed by atoms with Gasteiger partial charge in [0, 0.05) is 44.9 Å². The number of nitrogens with one attached hydrogen (secondary N) is 2. The van der Waals surface area contributed by atoms with E-state index in [4.69, 9.17) is 0 Å². The molecule has 0 unspecified atom stereocenters. The van der Waals surface area contributed by atoms with Crippen molar-refractivity contribution in [2.45, 2.75) is 6.42 Å². The second-order valence-electron chi connectivity index (χ2n) is 4.20. The molecule has 0 atom stereocenters. The molecule has 0 aliphatic heterocycles. The second-order valence-corrected chi connectivity index (χ2v) is 4.20. The number of hydrogen-bond acceptors (Lipinski definition) is 4. The van der Waals surface area contributed by atoms with Gasteiger partial charge in [-0.2, -0.15) is 5.10 Å². The molecular weight excluding hydrogens is 242 g/mol. The van der Waals surface area contributed by atoms with Crippen LogP contribution in [-0.4, -0.2) is 34.3 Å². The summed E-state index contributed by atoms with van der Waals surface area (Å²) in [6, 6.07) is 1.77. The van der Waals surface area contributed by atoms with Crippen LogP contribution in [0.2, 0.25) is 0 Å². The van der Waals surface area contributed by atoms with Crippen LogP contribution in [0.4, 0.5) is 5.69 Å². The summed E-state index contributed by atoms with van der Waals surface area (Å²) >= 11 is 0. The van der Waals surface area contributed by atoms with E-state index in [0.717, 1.165) is 17.7 Å². The fourth-order valence-electron chi connectivity index (χ4n) is 1.81. The molecule has 0 radical (unpaired) electrons. The summed E-state index contributed by atoms with van der Waals surface area (Å²) in [5.41, 5.74) is 2.42. The number of aromatic nitrogens is 3. The molecule has 0 fully saturated rings. The lowest BCUT2D eigenvalue weighted by Crippen LogP contribution is -2.26. The minimum Gasteiger partial charge on any atom is -0.387 e. The standard InChI is InChI=1S/C13H17N5O/c1-14-12-4-5-15-8-11(12)13(19)16-6-3-10-7-17-18(2)9-10/h4-5,7-9H,3,6H2,1-2H3,(H,14,15)(H,16,19). The fourth-order valence-corrected chi connectivity index (χ4v) is 1.81. The highest BCUT2D eigenvalue weighted by Crippen LogP contribution is 2.11. The average Bonchev–Trinajstić information content (AvgIpc) is 2.84. The van der Waals surface area contributed by atoms with Crippen LogP contribution in [-0.2, 0) is 13.5 Å². The first-order valence-electron chi connectivity index (χ1n) is 6.08. The summed E-state index contributed by atoms with van der Waals surface area (Å²) in [6.45, 7) is 0.572. The molecule has 1 amide bonds. The Kier molecular flexibility index (Phi) is 4.12. The molecular formula is C13H17N5O. The maximum Gasteiger partial charge on any atom is 0.254 e. The summed E-state index contributed by atoms with van der Waals surface area (Å²) in [5.74, 6) is -0.124. The van der Waals surface area contributed by atoms with E-state index in [1.807, 2.05) is 13.2 Å². The van der Waals surface area contributed by atoms with E-state index >= 15 is 0 Å². The van der Waals surface area contributed by atoms with Gasteiger partial charge in [-0.25, -0.2) is 0 Å². The van der Waals surface area contributed by atoms with Gasteiger partial charge in [0.2, 0.25) is 0 Å². The van der Waals surface area contributed by atoms with Gasteiger partial charge in [-0.3, -0.25) is 14.5 Å². The van der Waals surface area contributed by atoms with Crippen LogP contribution in [0.1, 0.15) is 15.9 Å². The summed E-state index contributed by atoms with van der Waals surface area (Å²) in [6.07, 6.45) is 7.71. The maximum absolute atomic E-state index is 12.0. The Morgan fingerprint density at radius 2 is 2.26 bits per heavy atom. The second kappa shape index (κ2) is 5.99. The summed E-state index contributed by atoms with van der Waals surface area (Å²) in [4.78, 5) is 16.0. The first-order chi connectivity index (χ1) is 9.20. The van der Waals surface area contributed by atoms with Crippen LogP contribution in [0.5, 0.6) is 0 Å². The third kappa shape index (κ3) is 3.31. The SMILES string of the molecule is CNc1ccncc1C(=O)NCCc1cnn(C)c1. The molecule has 2 rings (SSSR count). The molecule has 100 valence electrons. The third-order valence-electron chi connectivity index (χ3n) is 2.79. The van der Waals surface area contributed by atoms with Gasteiger partial charge < -0.3 is 10.6 Å². The van der Waals surface area contributed by atoms with Crippen molar-refractivity contribution >= 4 is 11.6 Å². The Balaban J connectivity index is 1.90. The highest BCUT2D eigenvalue weighted by molar-refractivity contribution is 5.99. The van der Waals surface area contributed by atoms with Gasteiger partial charge in [-0.05, 0) is 18.1 Å². The van der Waals surface area contributed by atoms with Gasteiger partial charge in [0.1, 0.15) is 0 Å². The number of carbonyl (C=O) groups is 1. The molecule has 0 saturated heterocycles. The van der Waals surface area contributed by atoms with Crippen molar-refractivity contribution in [1.29, 1.82) is 0 Å². The van der Waals surface area contributed by atoms with E-state index in [1.165, 1.54) is 0 Å². The number of nitrogens with zero attached hydrogens (tertiary/aromatic N) is 3. The Morgan fingerprint density at radius 1 is 1.42 bits per heavy atom. The van der Waals surface area contributed by atoms with E-state index in [-0.39, 0.29) is 5.91 Å². The molecule has 2 aromatic heterocycles. The van der Waals surface area contributed by atoms with Crippen molar-refractivity contribution < 1.29 is 4.79 Å². The Labute approximate surface area is 111 Å². The summed E-state index contributed by atoms with van der Waals surface area (Å²) < 4.78 is 1.75. The summed E-state index contributed by atoms with van der Waals surface area (Å²) in [7, 11) is 3.65. The molecule has 2 heterocycles. The maximum atomic E-state index is 12.0. The molecule has 19 heavy (non-hydrogen) atoms. The van der Waals surface area contributed by atoms with Crippen LogP contribution in [0.3, 0.4) is 0 Å². The lowest BCUT2D eigenvalue weighted by molar-refractivity contribution is 0.0954. The van der Waals surface area contributed by atoms with Crippen LogP contribution >= 0.6 is 0 Å². The number of hydrogen-bond donors (Lipinski definition) is 2. The third-order valence-corrected chi connectivity index (χ3v) is 2.79. The molecule has 0 spiro atoms. The topological polar surface area (TPSA) is 71.8 Å². The lowest BCUT2D eigenvalue weighted by atomic mass is 10.2. The monoisotopic (exact) mass is 259 g/mol. The number of anilines is 1. The Morgan fingerprint density at radius 3 is 2.95 bits per heavy atom. The molecule has 2 N–H and O–H groups in total. The van der Waals surface area contributed by atoms with E-state index in [2.05, 4.69) is 20.7 Å². The van der Waals surface area contributed by atoms with Crippen molar-refractivity contribution in [3.8, 4) is 0 Å². The smallest absolute Gasteiger partial charge is 0.254 e. The zero-order chi connectivity index (χ0) is 13.7. The van der Waals surface area contributed by atoms with Gasteiger partial charge >= 0.3 is 0 Å². The Hall–Kier alpha value is -2.37. The number of aryl methyl sites for hydroxylation is 1. The molecule has 0 saturated carbocycles. The highest BCUT2D eigenvalue weighted by atomic mass is 16.1. The molecule has 0 aliphatic carbocycles. The van der Waals surface area contributed by atoms with Crippen molar-refractivity contribution in [3.63, 3.8) is 0 Å². The predicted molar refractivity (Wildman–Crippen MR) is 73.0 cm³/mol. The zero-order valence-corrected chi connectivity index (χ0v) is 11.1. The van der Waals surface area contributed by atoms with Gasteiger partial charge in [0.15, 0.2) is 0 Å². The molecule has 0 aliphatic rings. The van der Waals surface area contributed by atoms with E-state index in [9.17, 15) is 4.79 Å². The fraction of sp³-hybridized carbons (Fsp3) is 0.308. The molecule has 2 aromatic rings. The molecule has 6 heteroatoms. The van der Waals surface area contributed by atoms with Gasteiger partial charge in [0.25, 0.3) is 5.91 Å². The first kappa shape index (κ1) is 13.1. The number of pyridine rings is 1. The van der Waals surface area contributed by atoms with Gasteiger partial charge in [-0.1, -0.05) is 0 Å². The largest absolute Gasteiger partial charge is 0.387 e. The lowest BCUT2D eigenvalue weighted by Gasteiger charge is -2.08. The predicted octanol–water partition coefficient (Wildman–Crippen LogP) is 0.829. The first-order valence-corrected chi connectivity index (χ1v) is 6.08. The quantitative estimate of drug-likeness (QED) is 0.834. The van der Waals surface area contributed by atoms with Crippen molar-refractivity contribution in [2.24, 2.45) is 7.05 Å². The van der Waals surface area contributed by atoms with Crippen molar-refractivity contribution in [1.82, 2.24) is 20.1 Å². The van der Waals surface area contributed by atoms with Crippen LogP contribution in [0.15, 0.2) is 30.9 Å². The minimum absolute atomic E-state index is 0.124. The van der Waals surface area contributed by atoms with Crippen LogP contribution in [0.25, 0.3) is 0 Å². The van der Waals surface area contributed by atoms with Crippen molar-refractivity contribution in [3.05, 3.63) is 42.0 Å². The van der Waals surface area contributed by atoms with Gasteiger partial charge in [0.05, 0.1) is 11.8 Å². The highest BCUT2D eigenvalue weighted by Gasteiger charge is 2.09. The van der Waals surface area contributed by atoms with E-state index in [1.54, 1.807) is 36.4 Å². The number of carbonyl (C=O) groups excluding carboxylic acids is 1. The van der Waals surface area contributed by atoms with Gasteiger partial charge in [-0.15, -0.1) is 0 Å². The average molecular weight is 259 g/mol. The number of rotatable bonds is 5. The molecule has 0 bridgehead atoms. The molecule has 0 aromatic carbocycles. The van der Waals surface area contributed by atoms with Crippen molar-refractivity contribution in [2.75, 3.05) is 18.9 Å². The zero-order valence-electron chi connectivity index (χ0n) is 11.1. The number of amides is 1. The summed E-state index contributed by atoms with van der Waals surface area (Å²) in [5, 5.41) is 9.93. The molecule has 6 nitrogen and oxygen atoms in total. The minimum atomic E-state index is -0.124. The Bertz CT molecular complexity index is 564. The van der Waals surface area contributed by atoms with E-state index in [0.29, 0.717) is 12.1 Å². The van der Waals surface area contributed by atoms with Crippen LogP contribution < -0.4 is 10.6 Å². The van der Waals surface area contributed by atoms with Crippen LogP contribution in [0, 0.1) is 0 Å².